The third-order valence-corrected chi connectivity index (χ3v) is 2.24. The molecule has 0 atom stereocenters. The number of nitrogens with one attached hydrogen (secondary N) is 1. The number of rotatable bonds is 3. The van der Waals surface area contributed by atoms with Gasteiger partial charge in [0.15, 0.2) is 5.69 Å². The summed E-state index contributed by atoms with van der Waals surface area (Å²) in [7, 11) is 0. The molecule has 3 N–H and O–H groups in total. The number of carbonyl (C=O) groups is 2. The number of aromatic carboxylic acids is 1. The Hall–Kier alpha value is -2.96. The van der Waals surface area contributed by atoms with E-state index in [1.807, 2.05) is 0 Å². The Morgan fingerprint density at radius 1 is 1.26 bits per heavy atom. The van der Waals surface area contributed by atoms with Crippen molar-refractivity contribution >= 4 is 17.6 Å². The third-order valence-electron chi connectivity index (χ3n) is 2.24. The second kappa shape index (κ2) is 5.13. The number of amides is 1. The van der Waals surface area contributed by atoms with Crippen LogP contribution in [0.5, 0.6) is 5.75 Å². The molecule has 0 fully saturated rings. The van der Waals surface area contributed by atoms with E-state index < -0.39 is 11.9 Å². The SMILES string of the molecule is O=C(Nc1cccnc1C(=O)O)c1cncc(O)c1. The topological polar surface area (TPSA) is 112 Å². The number of hydrogen-bond donors (Lipinski definition) is 3. The Morgan fingerprint density at radius 3 is 2.74 bits per heavy atom. The highest BCUT2D eigenvalue weighted by Gasteiger charge is 2.14. The van der Waals surface area contributed by atoms with Crippen LogP contribution in [0.15, 0.2) is 36.8 Å². The van der Waals surface area contributed by atoms with Crippen LogP contribution < -0.4 is 5.32 Å². The van der Waals surface area contributed by atoms with Gasteiger partial charge in [0.1, 0.15) is 5.75 Å². The first-order valence-electron chi connectivity index (χ1n) is 5.21. The lowest BCUT2D eigenvalue weighted by molar-refractivity contribution is 0.0691. The zero-order valence-electron chi connectivity index (χ0n) is 9.57. The van der Waals surface area contributed by atoms with E-state index in [4.69, 9.17) is 5.11 Å². The van der Waals surface area contributed by atoms with Gasteiger partial charge in [0.2, 0.25) is 0 Å². The van der Waals surface area contributed by atoms with Crippen molar-refractivity contribution in [3.63, 3.8) is 0 Å². The van der Waals surface area contributed by atoms with Gasteiger partial charge in [0.25, 0.3) is 5.91 Å². The summed E-state index contributed by atoms with van der Waals surface area (Å²) in [5.74, 6) is -1.99. The molecule has 0 saturated heterocycles. The highest BCUT2D eigenvalue weighted by Crippen LogP contribution is 2.15. The highest BCUT2D eigenvalue weighted by atomic mass is 16.4. The maximum absolute atomic E-state index is 11.9. The van der Waals surface area contributed by atoms with Gasteiger partial charge in [-0.05, 0) is 18.2 Å². The number of carboxylic acids is 1. The standard InChI is InChI=1S/C12H9N3O4/c16-8-4-7(5-13-6-8)11(17)15-9-2-1-3-14-10(9)12(18)19/h1-6,16H,(H,15,17)(H,18,19). The van der Waals surface area contributed by atoms with Gasteiger partial charge in [0.05, 0.1) is 17.4 Å². The Kier molecular flexibility index (Phi) is 3.37. The number of hydrogen-bond acceptors (Lipinski definition) is 5. The van der Waals surface area contributed by atoms with E-state index in [9.17, 15) is 14.7 Å². The summed E-state index contributed by atoms with van der Waals surface area (Å²) in [4.78, 5) is 30.1. The predicted octanol–water partition coefficient (Wildman–Crippen LogP) is 1.13. The molecule has 0 aromatic carbocycles. The zero-order valence-corrected chi connectivity index (χ0v) is 9.57. The molecule has 0 aliphatic carbocycles. The van der Waals surface area contributed by atoms with Crippen molar-refractivity contribution < 1.29 is 19.8 Å². The monoisotopic (exact) mass is 259 g/mol. The fraction of sp³-hybridized carbons (Fsp3) is 0. The smallest absolute Gasteiger partial charge is 0.356 e. The van der Waals surface area contributed by atoms with Crippen LogP contribution in [0.2, 0.25) is 0 Å². The first kappa shape index (κ1) is 12.5. The van der Waals surface area contributed by atoms with Crippen LogP contribution in [0.25, 0.3) is 0 Å². The van der Waals surface area contributed by atoms with Crippen LogP contribution in [0, 0.1) is 0 Å². The second-order valence-electron chi connectivity index (χ2n) is 3.59. The number of anilines is 1. The molecule has 19 heavy (non-hydrogen) atoms. The Morgan fingerprint density at radius 2 is 2.05 bits per heavy atom. The molecule has 0 spiro atoms. The fourth-order valence-electron chi connectivity index (χ4n) is 1.42. The van der Waals surface area contributed by atoms with Crippen LogP contribution >= 0.6 is 0 Å². The number of carbonyl (C=O) groups excluding carboxylic acids is 1. The molecule has 0 unspecified atom stereocenters. The van der Waals surface area contributed by atoms with E-state index >= 15 is 0 Å². The number of nitrogens with zero attached hydrogens (tertiary/aromatic N) is 2. The maximum atomic E-state index is 11.9. The lowest BCUT2D eigenvalue weighted by atomic mass is 10.2. The van der Waals surface area contributed by atoms with Crippen molar-refractivity contribution in [2.45, 2.75) is 0 Å². The second-order valence-corrected chi connectivity index (χ2v) is 3.59. The molecule has 0 saturated carbocycles. The van der Waals surface area contributed by atoms with Crippen molar-refractivity contribution in [2.24, 2.45) is 0 Å². The van der Waals surface area contributed by atoms with Gasteiger partial charge in [0, 0.05) is 12.4 Å². The van der Waals surface area contributed by atoms with Gasteiger partial charge in [-0.1, -0.05) is 0 Å². The van der Waals surface area contributed by atoms with Crippen LogP contribution in [0.1, 0.15) is 20.8 Å². The number of aromatic nitrogens is 2. The fourth-order valence-corrected chi connectivity index (χ4v) is 1.42. The molecule has 0 bridgehead atoms. The molecule has 0 aliphatic rings. The Bertz CT molecular complexity index is 642. The van der Waals surface area contributed by atoms with E-state index in [-0.39, 0.29) is 22.7 Å². The normalized spacial score (nSPS) is 9.89. The summed E-state index contributed by atoms with van der Waals surface area (Å²) in [6.07, 6.45) is 3.75. The molecule has 0 aliphatic heterocycles. The van der Waals surface area contributed by atoms with Crippen LogP contribution in [0.3, 0.4) is 0 Å². The molecule has 96 valence electrons. The van der Waals surface area contributed by atoms with Gasteiger partial charge in [-0.2, -0.15) is 0 Å². The molecule has 1 amide bonds. The zero-order chi connectivity index (χ0) is 13.8. The molecule has 2 aromatic rings. The molecular formula is C12H9N3O4. The summed E-state index contributed by atoms with van der Waals surface area (Å²) in [5.41, 5.74) is -0.0764. The van der Waals surface area contributed by atoms with Crippen molar-refractivity contribution in [1.82, 2.24) is 9.97 Å². The van der Waals surface area contributed by atoms with Crippen molar-refractivity contribution in [3.05, 3.63) is 48.0 Å². The highest BCUT2D eigenvalue weighted by molar-refractivity contribution is 6.07. The van der Waals surface area contributed by atoms with E-state index in [0.717, 1.165) is 0 Å². The summed E-state index contributed by atoms with van der Waals surface area (Å²) in [6.45, 7) is 0. The van der Waals surface area contributed by atoms with Gasteiger partial charge in [-0.25, -0.2) is 9.78 Å². The summed E-state index contributed by atoms with van der Waals surface area (Å²) >= 11 is 0. The molecule has 7 nitrogen and oxygen atoms in total. The van der Waals surface area contributed by atoms with Crippen molar-refractivity contribution in [2.75, 3.05) is 5.32 Å². The van der Waals surface area contributed by atoms with E-state index in [1.54, 1.807) is 0 Å². The molecule has 2 heterocycles. The molecule has 0 radical (unpaired) electrons. The summed E-state index contributed by atoms with van der Waals surface area (Å²) < 4.78 is 0. The summed E-state index contributed by atoms with van der Waals surface area (Å²) in [5, 5.41) is 20.6. The van der Waals surface area contributed by atoms with Crippen molar-refractivity contribution in [1.29, 1.82) is 0 Å². The maximum Gasteiger partial charge on any atom is 0.356 e. The number of pyridine rings is 2. The minimum atomic E-state index is -1.25. The number of aromatic hydroxyl groups is 1. The quantitative estimate of drug-likeness (QED) is 0.761. The van der Waals surface area contributed by atoms with Crippen LogP contribution in [0.4, 0.5) is 5.69 Å². The van der Waals surface area contributed by atoms with Gasteiger partial charge >= 0.3 is 5.97 Å². The van der Waals surface area contributed by atoms with E-state index in [2.05, 4.69) is 15.3 Å². The Labute approximate surface area is 107 Å². The number of carboxylic acid groups (broad SMARTS) is 1. The largest absolute Gasteiger partial charge is 0.506 e. The van der Waals surface area contributed by atoms with Gasteiger partial charge < -0.3 is 15.5 Å². The predicted molar refractivity (Wildman–Crippen MR) is 65.1 cm³/mol. The average Bonchev–Trinajstić information content (AvgIpc) is 2.39. The Balaban J connectivity index is 2.27. The molecule has 2 rings (SSSR count). The minimum Gasteiger partial charge on any atom is -0.506 e. The lowest BCUT2D eigenvalue weighted by Crippen LogP contribution is -2.15. The summed E-state index contributed by atoms with van der Waals surface area (Å²) in [6, 6.07) is 4.15. The van der Waals surface area contributed by atoms with Gasteiger partial charge in [-0.3, -0.25) is 9.78 Å². The molecular weight excluding hydrogens is 250 g/mol. The molecule has 7 heteroatoms. The third kappa shape index (κ3) is 2.83. The van der Waals surface area contributed by atoms with Crippen LogP contribution in [-0.2, 0) is 0 Å². The van der Waals surface area contributed by atoms with E-state index in [1.165, 1.54) is 36.8 Å². The van der Waals surface area contributed by atoms with E-state index in [0.29, 0.717) is 0 Å². The van der Waals surface area contributed by atoms with Crippen LogP contribution in [-0.4, -0.2) is 32.1 Å². The first-order valence-corrected chi connectivity index (χ1v) is 5.21. The van der Waals surface area contributed by atoms with Gasteiger partial charge in [-0.15, -0.1) is 0 Å². The lowest BCUT2D eigenvalue weighted by Gasteiger charge is -2.07. The minimum absolute atomic E-state index is 0.0725. The van der Waals surface area contributed by atoms with Crippen molar-refractivity contribution in [3.8, 4) is 5.75 Å². The first-order chi connectivity index (χ1) is 9.08. The average molecular weight is 259 g/mol. The molecule has 2 aromatic heterocycles.